The van der Waals surface area contributed by atoms with Crippen LogP contribution in [0.4, 0.5) is 10.5 Å². The Morgan fingerprint density at radius 2 is 1.84 bits per heavy atom. The third-order valence-electron chi connectivity index (χ3n) is 6.18. The average molecular weight is 422 g/mol. The van der Waals surface area contributed by atoms with Crippen molar-refractivity contribution in [2.75, 3.05) is 38.1 Å². The number of piperidine rings is 1. The number of nitrogens with zero attached hydrogens (tertiary/aromatic N) is 2. The van der Waals surface area contributed by atoms with Crippen LogP contribution in [0, 0.1) is 5.92 Å². The number of urea groups is 1. The number of hydrogen-bond donors (Lipinski definition) is 1. The van der Waals surface area contributed by atoms with Crippen molar-refractivity contribution in [3.63, 3.8) is 0 Å². The number of amides is 2. The van der Waals surface area contributed by atoms with E-state index in [-0.39, 0.29) is 12.0 Å². The van der Waals surface area contributed by atoms with Crippen molar-refractivity contribution in [1.29, 1.82) is 0 Å². The number of likely N-dealkylation sites (tertiary alicyclic amines) is 1. The molecule has 1 atom stereocenters. The topological polar surface area (TPSA) is 61.9 Å². The van der Waals surface area contributed by atoms with Gasteiger partial charge < -0.3 is 15.0 Å². The molecule has 2 amide bonds. The summed E-state index contributed by atoms with van der Waals surface area (Å²) in [7, 11) is 0. The number of esters is 1. The molecule has 0 radical (unpaired) electrons. The van der Waals surface area contributed by atoms with Crippen LogP contribution < -0.4 is 5.32 Å². The minimum absolute atomic E-state index is 0.0717. The Bertz CT molecular complexity index is 912. The maximum absolute atomic E-state index is 12.8. The highest BCUT2D eigenvalue weighted by Crippen LogP contribution is 2.23. The number of anilines is 1. The molecule has 0 spiro atoms. The largest absolute Gasteiger partial charge is 0.462 e. The van der Waals surface area contributed by atoms with Crippen LogP contribution in [0.1, 0.15) is 41.3 Å². The van der Waals surface area contributed by atoms with Gasteiger partial charge in [0.2, 0.25) is 0 Å². The monoisotopic (exact) mass is 421 g/mol. The quantitative estimate of drug-likeness (QED) is 0.737. The van der Waals surface area contributed by atoms with Crippen LogP contribution in [0.2, 0.25) is 0 Å². The van der Waals surface area contributed by atoms with Crippen molar-refractivity contribution in [2.45, 2.75) is 32.7 Å². The summed E-state index contributed by atoms with van der Waals surface area (Å²) in [5.41, 5.74) is 4.08. The van der Waals surface area contributed by atoms with Gasteiger partial charge in [0.15, 0.2) is 0 Å². The molecule has 6 nitrogen and oxygen atoms in total. The number of ether oxygens (including phenoxy) is 1. The Labute approximate surface area is 184 Å². The van der Waals surface area contributed by atoms with Crippen LogP contribution >= 0.6 is 0 Å². The maximum atomic E-state index is 12.8. The van der Waals surface area contributed by atoms with Crippen LogP contribution in [0.3, 0.4) is 0 Å². The van der Waals surface area contributed by atoms with Crippen molar-refractivity contribution in [2.24, 2.45) is 5.92 Å². The van der Waals surface area contributed by atoms with E-state index < -0.39 is 0 Å². The molecule has 1 unspecified atom stereocenters. The molecule has 2 aromatic rings. The van der Waals surface area contributed by atoms with Crippen molar-refractivity contribution in [3.8, 4) is 0 Å². The van der Waals surface area contributed by atoms with E-state index in [4.69, 9.17) is 4.74 Å². The van der Waals surface area contributed by atoms with Crippen molar-refractivity contribution in [1.82, 2.24) is 9.80 Å². The average Bonchev–Trinajstić information content (AvgIpc) is 2.80. The van der Waals surface area contributed by atoms with Gasteiger partial charge in [-0.2, -0.15) is 0 Å². The molecular formula is C25H31N3O3. The van der Waals surface area contributed by atoms with E-state index in [1.165, 1.54) is 11.1 Å². The second-order valence-corrected chi connectivity index (χ2v) is 8.44. The number of carbonyl (C=O) groups excluding carboxylic acids is 2. The lowest BCUT2D eigenvalue weighted by Gasteiger charge is -2.37. The molecule has 0 bridgehead atoms. The Hall–Kier alpha value is -2.86. The van der Waals surface area contributed by atoms with Crippen molar-refractivity contribution in [3.05, 3.63) is 65.2 Å². The van der Waals surface area contributed by atoms with Crippen molar-refractivity contribution < 1.29 is 14.3 Å². The normalized spacial score (nSPS) is 18.9. The zero-order valence-electron chi connectivity index (χ0n) is 18.2. The number of hydrogen-bond acceptors (Lipinski definition) is 4. The lowest BCUT2D eigenvalue weighted by molar-refractivity contribution is 0.0526. The summed E-state index contributed by atoms with van der Waals surface area (Å²) in [6, 6.07) is 15.5. The smallest absolute Gasteiger partial charge is 0.338 e. The van der Waals surface area contributed by atoms with Gasteiger partial charge in [-0.15, -0.1) is 0 Å². The van der Waals surface area contributed by atoms with E-state index in [1.807, 2.05) is 4.90 Å². The molecule has 31 heavy (non-hydrogen) atoms. The highest BCUT2D eigenvalue weighted by Gasteiger charge is 2.26. The summed E-state index contributed by atoms with van der Waals surface area (Å²) in [5.74, 6) is 0.149. The molecule has 2 heterocycles. The molecule has 1 fully saturated rings. The standard InChI is InChI=1S/C25H31N3O3/c1-2-31-24(29)21-9-11-23(12-10-21)26-25(30)28-14-5-6-19(17-28)16-27-15-13-20-7-3-4-8-22(20)18-27/h3-4,7-12,19H,2,5-6,13-18H2,1H3,(H,26,30). The van der Waals surface area contributed by atoms with Gasteiger partial charge in [-0.25, -0.2) is 9.59 Å². The fourth-order valence-corrected chi connectivity index (χ4v) is 4.58. The number of nitrogens with one attached hydrogen (secondary N) is 1. The summed E-state index contributed by atoms with van der Waals surface area (Å²) >= 11 is 0. The summed E-state index contributed by atoms with van der Waals surface area (Å²) in [5, 5.41) is 2.97. The first-order chi connectivity index (χ1) is 15.1. The predicted molar refractivity (Wildman–Crippen MR) is 121 cm³/mol. The van der Waals surface area contributed by atoms with E-state index in [1.54, 1.807) is 31.2 Å². The van der Waals surface area contributed by atoms with E-state index in [0.29, 0.717) is 23.8 Å². The first-order valence-corrected chi connectivity index (χ1v) is 11.2. The molecule has 2 aromatic carbocycles. The van der Waals surface area contributed by atoms with Crippen LogP contribution in [-0.2, 0) is 17.7 Å². The maximum Gasteiger partial charge on any atom is 0.338 e. The van der Waals surface area contributed by atoms with Crippen LogP contribution in [0.25, 0.3) is 0 Å². The Morgan fingerprint density at radius 1 is 1.06 bits per heavy atom. The molecule has 1 saturated heterocycles. The molecule has 0 saturated carbocycles. The third-order valence-corrected chi connectivity index (χ3v) is 6.18. The van der Waals surface area contributed by atoms with Gasteiger partial charge in [0.1, 0.15) is 0 Å². The first-order valence-electron chi connectivity index (χ1n) is 11.2. The van der Waals surface area contributed by atoms with Gasteiger partial charge in [0.05, 0.1) is 12.2 Å². The molecule has 2 aliphatic heterocycles. The highest BCUT2D eigenvalue weighted by atomic mass is 16.5. The molecule has 6 heteroatoms. The Balaban J connectivity index is 1.29. The SMILES string of the molecule is CCOC(=O)c1ccc(NC(=O)N2CCCC(CN3CCc4ccccc4C3)C2)cc1. The van der Waals surface area contributed by atoms with Gasteiger partial charge in [-0.05, 0) is 67.5 Å². The second-order valence-electron chi connectivity index (χ2n) is 8.44. The minimum Gasteiger partial charge on any atom is -0.462 e. The van der Waals surface area contributed by atoms with Gasteiger partial charge in [-0.3, -0.25) is 4.90 Å². The molecular weight excluding hydrogens is 390 g/mol. The molecule has 2 aliphatic rings. The van der Waals surface area contributed by atoms with Crippen LogP contribution in [-0.4, -0.2) is 54.6 Å². The van der Waals surface area contributed by atoms with Gasteiger partial charge in [0, 0.05) is 38.4 Å². The van der Waals surface area contributed by atoms with Crippen LogP contribution in [0.5, 0.6) is 0 Å². The van der Waals surface area contributed by atoms with E-state index in [2.05, 4.69) is 34.5 Å². The number of benzene rings is 2. The van der Waals surface area contributed by atoms with Gasteiger partial charge >= 0.3 is 12.0 Å². The van der Waals surface area contributed by atoms with E-state index >= 15 is 0 Å². The zero-order valence-corrected chi connectivity index (χ0v) is 18.2. The summed E-state index contributed by atoms with van der Waals surface area (Å²) in [6.45, 7) is 6.82. The predicted octanol–water partition coefficient (Wildman–Crippen LogP) is 4.17. The summed E-state index contributed by atoms with van der Waals surface area (Å²) in [6.07, 6.45) is 3.30. The van der Waals surface area contributed by atoms with Crippen molar-refractivity contribution >= 4 is 17.7 Å². The third kappa shape index (κ3) is 5.44. The molecule has 164 valence electrons. The lowest BCUT2D eigenvalue weighted by Crippen LogP contribution is -2.46. The summed E-state index contributed by atoms with van der Waals surface area (Å²) in [4.78, 5) is 29.0. The van der Waals surface area contributed by atoms with E-state index in [0.717, 1.165) is 52.0 Å². The number of fused-ring (bicyclic) bond motifs is 1. The molecule has 4 rings (SSSR count). The van der Waals surface area contributed by atoms with Gasteiger partial charge in [-0.1, -0.05) is 24.3 Å². The first kappa shape index (κ1) is 21.4. The number of carbonyl (C=O) groups is 2. The molecule has 0 aliphatic carbocycles. The minimum atomic E-state index is -0.348. The fraction of sp³-hybridized carbons (Fsp3) is 0.440. The van der Waals surface area contributed by atoms with Gasteiger partial charge in [0.25, 0.3) is 0 Å². The van der Waals surface area contributed by atoms with E-state index in [9.17, 15) is 9.59 Å². The second kappa shape index (κ2) is 9.96. The lowest BCUT2D eigenvalue weighted by atomic mass is 9.95. The Morgan fingerprint density at radius 3 is 2.61 bits per heavy atom. The van der Waals surface area contributed by atoms with Crippen LogP contribution in [0.15, 0.2) is 48.5 Å². The Kier molecular flexibility index (Phi) is 6.87. The zero-order chi connectivity index (χ0) is 21.6. The fourth-order valence-electron chi connectivity index (χ4n) is 4.58. The molecule has 1 N–H and O–H groups in total. The highest BCUT2D eigenvalue weighted by molar-refractivity contribution is 5.92. The number of rotatable bonds is 5. The summed E-state index contributed by atoms with van der Waals surface area (Å²) < 4.78 is 5.00. The molecule has 0 aromatic heterocycles.